The molecule has 4 aliphatic rings. The van der Waals surface area contributed by atoms with E-state index in [0.717, 1.165) is 37.2 Å². The van der Waals surface area contributed by atoms with Gasteiger partial charge in [0, 0.05) is 30.0 Å². The van der Waals surface area contributed by atoms with Crippen LogP contribution in [-0.4, -0.2) is 34.4 Å². The molecule has 2 unspecified atom stereocenters. The van der Waals surface area contributed by atoms with Crippen molar-refractivity contribution >= 4 is 48.6 Å². The third kappa shape index (κ3) is 7.33. The van der Waals surface area contributed by atoms with Gasteiger partial charge in [-0.25, -0.2) is 0 Å². The lowest BCUT2D eigenvalue weighted by Crippen LogP contribution is -2.41. The number of allylic oxidation sites excluding steroid dienone is 2. The van der Waals surface area contributed by atoms with Gasteiger partial charge in [-0.3, -0.25) is 0 Å². The predicted molar refractivity (Wildman–Crippen MR) is 226 cm³/mol. The maximum Gasteiger partial charge on any atom is 0.118 e. The van der Waals surface area contributed by atoms with Gasteiger partial charge in [0.05, 0.1) is 9.99 Å². The molecular weight excluding hydrogens is 682 g/mol. The van der Waals surface area contributed by atoms with E-state index >= 15 is 0 Å². The standard InChI is InChI=1S/C46H59Cl2N2P/c1-31-26-33(3)43(34(4)27-31)49-24-25-50(44-35(5)28-32(2)29-36(44)6)45(49)42-40(30-37-16-10-7-11-17-37)46(48,23-22-41(42)47)51(38-18-12-8-13-19-38)39-20-14-9-15-21-39/h7,10-11,16-17,26-30,38-39,41H,8-9,12-15,18-25H2,1-6H3. The van der Waals surface area contributed by atoms with E-state index < -0.39 is 12.5 Å². The molecule has 2 atom stereocenters. The quantitative estimate of drug-likeness (QED) is 0.183. The lowest BCUT2D eigenvalue weighted by molar-refractivity contribution is 0.476. The Kier molecular flexibility index (Phi) is 11.4. The number of hydrogen-bond donors (Lipinski definition) is 0. The van der Waals surface area contributed by atoms with E-state index in [4.69, 9.17) is 23.2 Å². The van der Waals surface area contributed by atoms with Gasteiger partial charge in [0.2, 0.25) is 0 Å². The molecule has 1 heterocycles. The van der Waals surface area contributed by atoms with Crippen LogP contribution in [0.3, 0.4) is 0 Å². The second-order valence-corrected chi connectivity index (χ2v) is 20.7. The number of alkyl halides is 2. The van der Waals surface area contributed by atoms with Crippen LogP contribution in [0.1, 0.15) is 116 Å². The van der Waals surface area contributed by atoms with Crippen molar-refractivity contribution in [2.45, 2.75) is 140 Å². The third-order valence-corrected chi connectivity index (χ3v) is 17.6. The maximum absolute atomic E-state index is 8.65. The van der Waals surface area contributed by atoms with Crippen LogP contribution in [0.2, 0.25) is 0 Å². The van der Waals surface area contributed by atoms with Gasteiger partial charge in [0.15, 0.2) is 0 Å². The summed E-state index contributed by atoms with van der Waals surface area (Å²) in [5.74, 6) is 1.26. The molecule has 3 aliphatic carbocycles. The minimum absolute atomic E-state index is 0.128. The third-order valence-electron chi connectivity index (χ3n) is 12.3. The summed E-state index contributed by atoms with van der Waals surface area (Å²) in [4.78, 5) is 5.27. The molecule has 0 spiro atoms. The predicted octanol–water partition coefficient (Wildman–Crippen LogP) is 13.6. The van der Waals surface area contributed by atoms with E-state index in [1.54, 1.807) is 0 Å². The fourth-order valence-electron chi connectivity index (χ4n) is 10.5. The summed E-state index contributed by atoms with van der Waals surface area (Å²) in [6.45, 7) is 15.4. The highest BCUT2D eigenvalue weighted by Gasteiger charge is 2.53. The van der Waals surface area contributed by atoms with Crippen LogP contribution in [0.15, 0.2) is 71.6 Å². The first-order valence-corrected chi connectivity index (χ1v) is 22.2. The Labute approximate surface area is 320 Å². The number of rotatable bonds is 6. The fraction of sp³-hybridized carbons (Fsp3) is 0.522. The second-order valence-electron chi connectivity index (χ2n) is 16.3. The van der Waals surface area contributed by atoms with Gasteiger partial charge in [-0.15, -0.1) is 23.2 Å². The van der Waals surface area contributed by atoms with Gasteiger partial charge in [0.1, 0.15) is 5.82 Å². The van der Waals surface area contributed by atoms with E-state index in [1.807, 2.05) is 0 Å². The Bertz CT molecular complexity index is 1650. The lowest BCUT2D eigenvalue weighted by atomic mass is 9.85. The van der Waals surface area contributed by atoms with Crippen LogP contribution in [-0.2, 0) is 0 Å². The molecule has 7 rings (SSSR count). The molecule has 2 nitrogen and oxygen atoms in total. The summed E-state index contributed by atoms with van der Waals surface area (Å²) in [6, 6.07) is 20.4. The molecule has 3 aromatic carbocycles. The molecule has 3 saturated carbocycles. The maximum atomic E-state index is 8.65. The summed E-state index contributed by atoms with van der Waals surface area (Å²) in [7, 11) is -0.496. The van der Waals surface area contributed by atoms with Gasteiger partial charge in [-0.05, 0) is 131 Å². The minimum atomic E-state index is -0.496. The highest BCUT2D eigenvalue weighted by molar-refractivity contribution is 7.63. The topological polar surface area (TPSA) is 6.48 Å². The van der Waals surface area contributed by atoms with E-state index in [0.29, 0.717) is 0 Å². The van der Waals surface area contributed by atoms with Crippen molar-refractivity contribution in [3.8, 4) is 0 Å². The van der Waals surface area contributed by atoms with Gasteiger partial charge >= 0.3 is 0 Å². The molecule has 272 valence electrons. The van der Waals surface area contributed by atoms with Crippen molar-refractivity contribution in [1.29, 1.82) is 0 Å². The average molecular weight is 742 g/mol. The molecule has 5 heteroatoms. The number of nitrogens with zero attached hydrogens (tertiary/aromatic N) is 2. The van der Waals surface area contributed by atoms with Gasteiger partial charge in [0.25, 0.3) is 0 Å². The number of hydrogen-bond acceptors (Lipinski definition) is 2. The summed E-state index contributed by atoms with van der Waals surface area (Å²) in [5.41, 5.74) is 15.8. The molecule has 0 aromatic heterocycles. The normalized spacial score (nSPS) is 24.7. The van der Waals surface area contributed by atoms with E-state index in [2.05, 4.69) is 112 Å². The van der Waals surface area contributed by atoms with Crippen molar-refractivity contribution < 1.29 is 0 Å². The van der Waals surface area contributed by atoms with E-state index in [-0.39, 0.29) is 5.38 Å². The van der Waals surface area contributed by atoms with Crippen LogP contribution < -0.4 is 9.80 Å². The first-order chi connectivity index (χ1) is 24.6. The smallest absolute Gasteiger partial charge is 0.118 e. The van der Waals surface area contributed by atoms with Crippen LogP contribution in [0.5, 0.6) is 0 Å². The van der Waals surface area contributed by atoms with Crippen LogP contribution in [0, 0.1) is 41.5 Å². The van der Waals surface area contributed by atoms with E-state index in [1.165, 1.54) is 131 Å². The molecule has 4 fully saturated rings. The number of aryl methyl sites for hydroxylation is 6. The molecular formula is C46H59Cl2N2P. The van der Waals surface area contributed by atoms with Crippen LogP contribution >= 0.6 is 31.1 Å². The highest BCUT2D eigenvalue weighted by Crippen LogP contribution is 2.72. The Balaban J connectivity index is 1.52. The Morgan fingerprint density at radius 1 is 0.647 bits per heavy atom. The largest absolute Gasteiger partial charge is 0.325 e. The van der Waals surface area contributed by atoms with E-state index in [9.17, 15) is 0 Å². The molecule has 0 radical (unpaired) electrons. The average Bonchev–Trinajstić information content (AvgIpc) is 3.50. The molecule has 0 N–H and O–H groups in total. The molecule has 51 heavy (non-hydrogen) atoms. The summed E-state index contributed by atoms with van der Waals surface area (Å²) in [6.07, 6.45) is 17.9. The van der Waals surface area contributed by atoms with Crippen molar-refractivity contribution in [1.82, 2.24) is 0 Å². The molecule has 1 saturated heterocycles. The first kappa shape index (κ1) is 37.1. The minimum Gasteiger partial charge on any atom is -0.325 e. The first-order valence-electron chi connectivity index (χ1n) is 19.9. The Morgan fingerprint density at radius 3 is 1.55 bits per heavy atom. The summed E-state index contributed by atoms with van der Waals surface area (Å²) in [5, 5.41) is -0.128. The second kappa shape index (κ2) is 15.6. The van der Waals surface area contributed by atoms with Gasteiger partial charge < -0.3 is 9.80 Å². The zero-order valence-electron chi connectivity index (χ0n) is 32.0. The summed E-state index contributed by atoms with van der Waals surface area (Å²) >= 11 is 16.5. The van der Waals surface area contributed by atoms with Crippen LogP contribution in [0.25, 0.3) is 6.08 Å². The Hall–Kier alpha value is -2.25. The number of anilines is 2. The zero-order valence-corrected chi connectivity index (χ0v) is 34.4. The SMILES string of the molecule is Cc1cc(C)c(N2CCN(c3c(C)cc(C)cc3C)C2=C2C(=Cc3ccccc3)C(Cl)(P(C3CCCCC3)C3CCCCC3)CCC2Cl)c(C)c1. The van der Waals surface area contributed by atoms with Crippen molar-refractivity contribution in [2.24, 2.45) is 0 Å². The molecule has 0 amide bonds. The molecule has 3 aromatic rings. The summed E-state index contributed by atoms with van der Waals surface area (Å²) < 4.78 is -0.419. The van der Waals surface area contributed by atoms with Crippen LogP contribution in [0.4, 0.5) is 11.4 Å². The van der Waals surface area contributed by atoms with Crippen molar-refractivity contribution in [3.63, 3.8) is 0 Å². The van der Waals surface area contributed by atoms with Crippen molar-refractivity contribution in [3.05, 3.63) is 111 Å². The van der Waals surface area contributed by atoms with Gasteiger partial charge in [-0.1, -0.05) is 112 Å². The van der Waals surface area contributed by atoms with Crippen molar-refractivity contribution in [2.75, 3.05) is 22.9 Å². The lowest BCUT2D eigenvalue weighted by Gasteiger charge is -2.52. The fourth-order valence-corrected chi connectivity index (χ4v) is 16.3. The van der Waals surface area contributed by atoms with Gasteiger partial charge in [-0.2, -0.15) is 0 Å². The number of benzene rings is 3. The zero-order chi connectivity index (χ0) is 35.9. The molecule has 1 aliphatic heterocycles. The number of halogens is 2. The highest BCUT2D eigenvalue weighted by atomic mass is 35.5. The molecule has 0 bridgehead atoms. The Morgan fingerprint density at radius 2 is 1.10 bits per heavy atom. The monoisotopic (exact) mass is 740 g/mol.